The first kappa shape index (κ1) is 16.0. The van der Waals surface area contributed by atoms with Crippen LogP contribution < -0.4 is 5.32 Å². The largest absolute Gasteiger partial charge is 0.481 e. The molecule has 120 valence electrons. The van der Waals surface area contributed by atoms with Gasteiger partial charge in [-0.3, -0.25) is 4.79 Å². The fraction of sp³-hybridized carbons (Fsp3) is 0.857. The normalized spacial score (nSPS) is 29.4. The van der Waals surface area contributed by atoms with Crippen LogP contribution in [-0.4, -0.2) is 66.6 Å². The molecular weight excluding hydrogens is 276 g/mol. The number of carbonyl (C=O) groups excluding carboxylic acids is 1. The van der Waals surface area contributed by atoms with Crippen molar-refractivity contribution in [1.29, 1.82) is 0 Å². The molecule has 2 amide bonds. The Balaban J connectivity index is 1.83. The first-order chi connectivity index (χ1) is 10.0. The van der Waals surface area contributed by atoms with E-state index in [2.05, 4.69) is 5.32 Å². The van der Waals surface area contributed by atoms with Crippen LogP contribution in [0.5, 0.6) is 0 Å². The molecule has 0 aliphatic carbocycles. The highest BCUT2D eigenvalue weighted by atomic mass is 16.6. The number of amides is 2. The zero-order valence-corrected chi connectivity index (χ0v) is 12.5. The van der Waals surface area contributed by atoms with Gasteiger partial charge in [0.15, 0.2) is 0 Å². The van der Waals surface area contributed by atoms with E-state index in [1.165, 1.54) is 0 Å². The maximum atomic E-state index is 12.2. The minimum Gasteiger partial charge on any atom is -0.481 e. The molecule has 0 aromatic heterocycles. The van der Waals surface area contributed by atoms with Gasteiger partial charge in [0.05, 0.1) is 19.3 Å². The van der Waals surface area contributed by atoms with Crippen molar-refractivity contribution in [3.63, 3.8) is 0 Å². The monoisotopic (exact) mass is 300 g/mol. The van der Waals surface area contributed by atoms with Crippen LogP contribution in [0.25, 0.3) is 0 Å². The molecule has 2 aliphatic heterocycles. The third kappa shape index (κ3) is 4.57. The predicted molar refractivity (Wildman–Crippen MR) is 75.2 cm³/mol. The standard InChI is InChI=1S/C14H24N2O5/c1-11-8-16(13(19)15-6-2-4-12(17)18)9-14(21-11)5-3-7-20-10-14/h11H,2-10H2,1H3,(H,15,19)(H,17,18). The van der Waals surface area contributed by atoms with Crippen LogP contribution in [0.3, 0.4) is 0 Å². The number of carbonyl (C=O) groups is 2. The number of aliphatic carboxylic acids is 1. The topological polar surface area (TPSA) is 88.1 Å². The third-order valence-electron chi connectivity index (χ3n) is 3.82. The fourth-order valence-corrected chi connectivity index (χ4v) is 2.97. The first-order valence-corrected chi connectivity index (χ1v) is 7.51. The van der Waals surface area contributed by atoms with Crippen LogP contribution in [0.4, 0.5) is 4.79 Å². The molecule has 2 N–H and O–H groups in total. The summed E-state index contributed by atoms with van der Waals surface area (Å²) in [7, 11) is 0. The lowest BCUT2D eigenvalue weighted by molar-refractivity contribution is -0.188. The second-order valence-electron chi connectivity index (χ2n) is 5.88. The molecular formula is C14H24N2O5. The summed E-state index contributed by atoms with van der Waals surface area (Å²) < 4.78 is 11.5. The average Bonchev–Trinajstić information content (AvgIpc) is 2.43. The van der Waals surface area contributed by atoms with E-state index in [4.69, 9.17) is 14.6 Å². The zero-order valence-electron chi connectivity index (χ0n) is 12.5. The van der Waals surface area contributed by atoms with Crippen molar-refractivity contribution in [2.45, 2.75) is 44.3 Å². The highest BCUT2D eigenvalue weighted by Crippen LogP contribution is 2.29. The number of ether oxygens (including phenoxy) is 2. The Hall–Kier alpha value is -1.34. The van der Waals surface area contributed by atoms with E-state index in [1.807, 2.05) is 6.92 Å². The SMILES string of the molecule is CC1CN(C(=O)NCCCC(=O)O)CC2(CCCOC2)O1. The summed E-state index contributed by atoms with van der Waals surface area (Å²) in [5, 5.41) is 11.4. The molecule has 0 radical (unpaired) electrons. The van der Waals surface area contributed by atoms with Gasteiger partial charge in [-0.1, -0.05) is 0 Å². The number of morpholine rings is 1. The molecule has 2 unspecified atom stereocenters. The van der Waals surface area contributed by atoms with Gasteiger partial charge in [0, 0.05) is 26.1 Å². The van der Waals surface area contributed by atoms with Crippen molar-refractivity contribution >= 4 is 12.0 Å². The van der Waals surface area contributed by atoms with Crippen molar-refractivity contribution in [3.05, 3.63) is 0 Å². The Labute approximate surface area is 124 Å². The molecule has 2 aliphatic rings. The van der Waals surface area contributed by atoms with E-state index >= 15 is 0 Å². The van der Waals surface area contributed by atoms with Crippen LogP contribution in [0, 0.1) is 0 Å². The molecule has 0 bridgehead atoms. The highest BCUT2D eigenvalue weighted by molar-refractivity contribution is 5.74. The summed E-state index contributed by atoms with van der Waals surface area (Å²) in [5.74, 6) is -0.845. The average molecular weight is 300 g/mol. The van der Waals surface area contributed by atoms with Gasteiger partial charge < -0.3 is 24.8 Å². The van der Waals surface area contributed by atoms with Crippen LogP contribution in [0.1, 0.15) is 32.6 Å². The maximum Gasteiger partial charge on any atom is 0.317 e. The van der Waals surface area contributed by atoms with Gasteiger partial charge in [-0.05, 0) is 26.2 Å². The molecule has 0 saturated carbocycles. The van der Waals surface area contributed by atoms with Crippen LogP contribution in [-0.2, 0) is 14.3 Å². The molecule has 7 heteroatoms. The van der Waals surface area contributed by atoms with E-state index < -0.39 is 5.97 Å². The van der Waals surface area contributed by atoms with Gasteiger partial charge in [-0.25, -0.2) is 4.79 Å². The van der Waals surface area contributed by atoms with Crippen molar-refractivity contribution in [2.24, 2.45) is 0 Å². The predicted octanol–water partition coefficient (Wildman–Crippen LogP) is 0.831. The Morgan fingerprint density at radius 1 is 1.48 bits per heavy atom. The molecule has 0 aromatic carbocycles. The number of urea groups is 1. The van der Waals surface area contributed by atoms with Gasteiger partial charge in [0.1, 0.15) is 5.60 Å². The quantitative estimate of drug-likeness (QED) is 0.751. The first-order valence-electron chi connectivity index (χ1n) is 7.51. The van der Waals surface area contributed by atoms with Gasteiger partial charge in [-0.2, -0.15) is 0 Å². The number of carboxylic acids is 1. The molecule has 2 rings (SSSR count). The van der Waals surface area contributed by atoms with Gasteiger partial charge in [0.2, 0.25) is 0 Å². The number of nitrogens with zero attached hydrogens (tertiary/aromatic N) is 1. The second kappa shape index (κ2) is 7.09. The van der Waals surface area contributed by atoms with E-state index in [1.54, 1.807) is 4.90 Å². The van der Waals surface area contributed by atoms with Crippen LogP contribution in [0.2, 0.25) is 0 Å². The Kier molecular flexibility index (Phi) is 5.41. The minimum atomic E-state index is -0.845. The summed E-state index contributed by atoms with van der Waals surface area (Å²) in [6, 6.07) is -0.152. The number of hydrogen-bond acceptors (Lipinski definition) is 4. The zero-order chi connectivity index (χ0) is 15.3. The lowest BCUT2D eigenvalue weighted by atomic mass is 9.93. The molecule has 7 nitrogen and oxygen atoms in total. The number of carboxylic acid groups (broad SMARTS) is 1. The lowest BCUT2D eigenvalue weighted by Gasteiger charge is -2.47. The minimum absolute atomic E-state index is 0.0229. The Morgan fingerprint density at radius 3 is 2.95 bits per heavy atom. The van der Waals surface area contributed by atoms with E-state index in [0.717, 1.165) is 19.4 Å². The van der Waals surface area contributed by atoms with E-state index in [-0.39, 0.29) is 24.2 Å². The van der Waals surface area contributed by atoms with Gasteiger partial charge in [-0.15, -0.1) is 0 Å². The summed E-state index contributed by atoms with van der Waals surface area (Å²) >= 11 is 0. The number of rotatable bonds is 4. The van der Waals surface area contributed by atoms with Crippen molar-refractivity contribution in [2.75, 3.05) is 32.8 Å². The van der Waals surface area contributed by atoms with Gasteiger partial charge >= 0.3 is 12.0 Å². The molecule has 2 saturated heterocycles. The maximum absolute atomic E-state index is 12.2. The molecule has 2 atom stereocenters. The van der Waals surface area contributed by atoms with E-state index in [9.17, 15) is 9.59 Å². The molecule has 0 aromatic rings. The molecule has 21 heavy (non-hydrogen) atoms. The van der Waals surface area contributed by atoms with Crippen molar-refractivity contribution < 1.29 is 24.2 Å². The summed E-state index contributed by atoms with van der Waals surface area (Å²) in [6.07, 6.45) is 2.33. The fourth-order valence-electron chi connectivity index (χ4n) is 2.97. The smallest absolute Gasteiger partial charge is 0.317 e. The van der Waals surface area contributed by atoms with E-state index in [0.29, 0.717) is 32.7 Å². The lowest BCUT2D eigenvalue weighted by Crippen LogP contribution is -2.61. The Bertz CT molecular complexity index is 382. The summed E-state index contributed by atoms with van der Waals surface area (Å²) in [5.41, 5.74) is -0.381. The molecule has 1 spiro atoms. The van der Waals surface area contributed by atoms with Crippen LogP contribution in [0.15, 0.2) is 0 Å². The van der Waals surface area contributed by atoms with Gasteiger partial charge in [0.25, 0.3) is 0 Å². The van der Waals surface area contributed by atoms with Crippen molar-refractivity contribution in [1.82, 2.24) is 10.2 Å². The highest BCUT2D eigenvalue weighted by Gasteiger charge is 2.42. The molecule has 2 fully saturated rings. The Morgan fingerprint density at radius 2 is 2.29 bits per heavy atom. The number of hydrogen-bond donors (Lipinski definition) is 2. The molecule has 2 heterocycles. The second-order valence-corrected chi connectivity index (χ2v) is 5.88. The summed E-state index contributed by atoms with van der Waals surface area (Å²) in [6.45, 7) is 4.69. The number of nitrogens with one attached hydrogen (secondary N) is 1. The van der Waals surface area contributed by atoms with Crippen molar-refractivity contribution in [3.8, 4) is 0 Å². The third-order valence-corrected chi connectivity index (χ3v) is 3.82. The summed E-state index contributed by atoms with van der Waals surface area (Å²) in [4.78, 5) is 24.4. The van der Waals surface area contributed by atoms with Crippen LogP contribution >= 0.6 is 0 Å².